The van der Waals surface area contributed by atoms with Crippen molar-refractivity contribution in [2.24, 2.45) is 0 Å². The van der Waals surface area contributed by atoms with Crippen LogP contribution in [-0.2, 0) is 4.79 Å². The number of anilines is 1. The SMILES string of the molecule is CCN(CC(=O)Nc1nc(C)c(C)s1)C(=O)c1cccc(F)c1. The highest BCUT2D eigenvalue weighted by molar-refractivity contribution is 7.15. The topological polar surface area (TPSA) is 62.3 Å². The van der Waals surface area contributed by atoms with Crippen molar-refractivity contribution in [3.05, 3.63) is 46.2 Å². The van der Waals surface area contributed by atoms with Gasteiger partial charge in [-0.2, -0.15) is 0 Å². The van der Waals surface area contributed by atoms with Crippen molar-refractivity contribution < 1.29 is 14.0 Å². The number of rotatable bonds is 5. The molecule has 2 rings (SSSR count). The maximum atomic E-state index is 13.2. The molecule has 0 aliphatic rings. The third-order valence-electron chi connectivity index (χ3n) is 3.35. The van der Waals surface area contributed by atoms with Gasteiger partial charge in [0.15, 0.2) is 5.13 Å². The molecule has 5 nitrogen and oxygen atoms in total. The molecule has 0 aliphatic carbocycles. The van der Waals surface area contributed by atoms with E-state index in [0.717, 1.165) is 16.6 Å². The van der Waals surface area contributed by atoms with Gasteiger partial charge in [0.05, 0.1) is 5.69 Å². The first-order valence-corrected chi connectivity index (χ1v) is 8.01. The fourth-order valence-corrected chi connectivity index (χ4v) is 2.82. The molecule has 0 spiro atoms. The fraction of sp³-hybridized carbons (Fsp3) is 0.312. The van der Waals surface area contributed by atoms with E-state index in [1.54, 1.807) is 6.92 Å². The zero-order valence-electron chi connectivity index (χ0n) is 13.2. The highest BCUT2D eigenvalue weighted by Gasteiger charge is 2.18. The average Bonchev–Trinajstić information content (AvgIpc) is 2.82. The Balaban J connectivity index is 2.03. The van der Waals surface area contributed by atoms with Crippen LogP contribution in [0.4, 0.5) is 9.52 Å². The van der Waals surface area contributed by atoms with Crippen LogP contribution in [0.2, 0.25) is 0 Å². The number of aromatic nitrogens is 1. The molecule has 0 aliphatic heterocycles. The van der Waals surface area contributed by atoms with Gasteiger partial charge < -0.3 is 10.2 Å². The third kappa shape index (κ3) is 4.35. The summed E-state index contributed by atoms with van der Waals surface area (Å²) >= 11 is 1.39. The van der Waals surface area contributed by atoms with Crippen LogP contribution in [0.1, 0.15) is 27.9 Å². The number of carbonyl (C=O) groups is 2. The Morgan fingerprint density at radius 3 is 2.65 bits per heavy atom. The average molecular weight is 335 g/mol. The molecule has 0 saturated heterocycles. The number of nitrogens with zero attached hydrogens (tertiary/aromatic N) is 2. The van der Waals surface area contributed by atoms with Crippen molar-refractivity contribution in [1.82, 2.24) is 9.88 Å². The van der Waals surface area contributed by atoms with Crippen LogP contribution in [0.15, 0.2) is 24.3 Å². The third-order valence-corrected chi connectivity index (χ3v) is 4.34. The molecule has 0 bridgehead atoms. The molecule has 2 amide bonds. The van der Waals surface area contributed by atoms with Gasteiger partial charge in [-0.1, -0.05) is 6.07 Å². The maximum Gasteiger partial charge on any atom is 0.254 e. The van der Waals surface area contributed by atoms with Gasteiger partial charge >= 0.3 is 0 Å². The predicted molar refractivity (Wildman–Crippen MR) is 88.2 cm³/mol. The first-order valence-electron chi connectivity index (χ1n) is 7.19. The number of benzene rings is 1. The maximum absolute atomic E-state index is 13.2. The molecule has 1 heterocycles. The second-order valence-corrected chi connectivity index (χ2v) is 6.24. The monoisotopic (exact) mass is 335 g/mol. The minimum atomic E-state index is -0.481. The van der Waals surface area contributed by atoms with Crippen LogP contribution in [0.25, 0.3) is 0 Å². The Morgan fingerprint density at radius 1 is 1.35 bits per heavy atom. The number of hydrogen-bond acceptors (Lipinski definition) is 4. The number of aryl methyl sites for hydroxylation is 2. The van der Waals surface area contributed by atoms with Gasteiger partial charge in [0, 0.05) is 17.0 Å². The Kier molecular flexibility index (Phi) is 5.44. The number of hydrogen-bond donors (Lipinski definition) is 1. The lowest BCUT2D eigenvalue weighted by Gasteiger charge is -2.20. The molecule has 0 fully saturated rings. The van der Waals surface area contributed by atoms with Crippen molar-refractivity contribution >= 4 is 28.3 Å². The van der Waals surface area contributed by atoms with Crippen molar-refractivity contribution in [1.29, 1.82) is 0 Å². The number of nitrogens with one attached hydrogen (secondary N) is 1. The lowest BCUT2D eigenvalue weighted by Crippen LogP contribution is -2.37. The highest BCUT2D eigenvalue weighted by Crippen LogP contribution is 2.21. The van der Waals surface area contributed by atoms with Crippen LogP contribution in [0.3, 0.4) is 0 Å². The summed E-state index contributed by atoms with van der Waals surface area (Å²) in [5, 5.41) is 3.20. The molecule has 1 aromatic heterocycles. The predicted octanol–water partition coefficient (Wildman–Crippen LogP) is 3.00. The molecule has 0 radical (unpaired) electrons. The number of thiazole rings is 1. The van der Waals surface area contributed by atoms with Crippen LogP contribution >= 0.6 is 11.3 Å². The van der Waals surface area contributed by atoms with Crippen LogP contribution in [0, 0.1) is 19.7 Å². The molecular formula is C16H18FN3O2S. The summed E-state index contributed by atoms with van der Waals surface area (Å²) in [5.41, 5.74) is 1.09. The van der Waals surface area contributed by atoms with E-state index in [9.17, 15) is 14.0 Å². The van der Waals surface area contributed by atoms with Crippen LogP contribution < -0.4 is 5.32 Å². The molecule has 23 heavy (non-hydrogen) atoms. The second-order valence-electron chi connectivity index (χ2n) is 5.04. The van der Waals surface area contributed by atoms with E-state index in [-0.39, 0.29) is 23.9 Å². The summed E-state index contributed by atoms with van der Waals surface area (Å²) in [6.07, 6.45) is 0. The Morgan fingerprint density at radius 2 is 2.09 bits per heavy atom. The van der Waals surface area contributed by atoms with Gasteiger partial charge in [-0.05, 0) is 39.0 Å². The van der Waals surface area contributed by atoms with E-state index in [4.69, 9.17) is 0 Å². The second kappa shape index (κ2) is 7.32. The number of halogens is 1. The van der Waals surface area contributed by atoms with E-state index in [0.29, 0.717) is 11.7 Å². The van der Waals surface area contributed by atoms with Gasteiger partial charge in [0.25, 0.3) is 5.91 Å². The zero-order valence-corrected chi connectivity index (χ0v) is 14.0. The first kappa shape index (κ1) is 17.1. The Labute approximate surface area is 138 Å². The fourth-order valence-electron chi connectivity index (χ4n) is 1.99. The van der Waals surface area contributed by atoms with Gasteiger partial charge in [-0.3, -0.25) is 9.59 Å². The summed E-state index contributed by atoms with van der Waals surface area (Å²) in [6, 6.07) is 5.43. The van der Waals surface area contributed by atoms with Gasteiger partial charge in [0.1, 0.15) is 12.4 Å². The summed E-state index contributed by atoms with van der Waals surface area (Å²) in [7, 11) is 0. The quantitative estimate of drug-likeness (QED) is 0.914. The van der Waals surface area contributed by atoms with Crippen molar-refractivity contribution in [3.8, 4) is 0 Å². The molecule has 0 atom stereocenters. The minimum absolute atomic E-state index is 0.108. The minimum Gasteiger partial charge on any atom is -0.330 e. The number of likely N-dealkylation sites (N-methyl/N-ethyl adjacent to an activating group) is 1. The molecule has 1 aromatic carbocycles. The first-order chi connectivity index (χ1) is 10.9. The lowest BCUT2D eigenvalue weighted by atomic mass is 10.2. The lowest BCUT2D eigenvalue weighted by molar-refractivity contribution is -0.116. The van der Waals surface area contributed by atoms with E-state index in [1.807, 2.05) is 13.8 Å². The normalized spacial score (nSPS) is 10.4. The highest BCUT2D eigenvalue weighted by atomic mass is 32.1. The molecule has 2 aromatic rings. The van der Waals surface area contributed by atoms with Crippen molar-refractivity contribution in [2.45, 2.75) is 20.8 Å². The summed E-state index contributed by atoms with van der Waals surface area (Å²) in [6.45, 7) is 5.80. The Bertz CT molecular complexity index is 710. The summed E-state index contributed by atoms with van der Waals surface area (Å²) in [5.74, 6) is -1.19. The van der Waals surface area contributed by atoms with Crippen LogP contribution in [0.5, 0.6) is 0 Å². The number of amides is 2. The van der Waals surface area contributed by atoms with E-state index in [1.165, 1.54) is 34.4 Å². The van der Waals surface area contributed by atoms with Crippen LogP contribution in [-0.4, -0.2) is 34.8 Å². The smallest absolute Gasteiger partial charge is 0.254 e. The standard InChI is InChI=1S/C16H18FN3O2S/c1-4-20(15(22)12-6-5-7-13(17)8-12)9-14(21)19-16-18-10(2)11(3)23-16/h5-8H,4,9H2,1-3H3,(H,18,19,21). The van der Waals surface area contributed by atoms with E-state index in [2.05, 4.69) is 10.3 Å². The summed E-state index contributed by atoms with van der Waals surface area (Å²) in [4.78, 5) is 31.1. The zero-order chi connectivity index (χ0) is 17.0. The number of carbonyl (C=O) groups excluding carboxylic acids is 2. The van der Waals surface area contributed by atoms with Gasteiger partial charge in [-0.25, -0.2) is 9.37 Å². The molecule has 0 unspecified atom stereocenters. The van der Waals surface area contributed by atoms with E-state index >= 15 is 0 Å². The Hall–Kier alpha value is -2.28. The van der Waals surface area contributed by atoms with Gasteiger partial charge in [-0.15, -0.1) is 11.3 Å². The molecule has 122 valence electrons. The van der Waals surface area contributed by atoms with Crippen molar-refractivity contribution in [3.63, 3.8) is 0 Å². The molecular weight excluding hydrogens is 317 g/mol. The summed E-state index contributed by atoms with van der Waals surface area (Å²) < 4.78 is 13.2. The largest absolute Gasteiger partial charge is 0.330 e. The molecule has 7 heteroatoms. The molecule has 1 N–H and O–H groups in total. The van der Waals surface area contributed by atoms with E-state index < -0.39 is 5.82 Å². The van der Waals surface area contributed by atoms with Crippen molar-refractivity contribution in [2.75, 3.05) is 18.4 Å². The molecule has 0 saturated carbocycles. The van der Waals surface area contributed by atoms with Gasteiger partial charge in [0.2, 0.25) is 5.91 Å².